The zero-order valence-electron chi connectivity index (χ0n) is 20.4. The van der Waals surface area contributed by atoms with Crippen molar-refractivity contribution in [2.24, 2.45) is 5.92 Å². The third-order valence-electron chi connectivity index (χ3n) is 4.94. The van der Waals surface area contributed by atoms with E-state index in [1.807, 2.05) is 13.8 Å². The van der Waals surface area contributed by atoms with Crippen molar-refractivity contribution in [1.82, 2.24) is 5.32 Å². The van der Waals surface area contributed by atoms with Crippen molar-refractivity contribution >= 4 is 29.1 Å². The van der Waals surface area contributed by atoms with Crippen molar-refractivity contribution in [3.8, 4) is 23.0 Å². The molecule has 34 heavy (non-hydrogen) atoms. The molecular weight excluding hydrogens is 442 g/mol. The van der Waals surface area contributed by atoms with Crippen LogP contribution in [0.25, 0.3) is 0 Å². The molecule has 0 heterocycles. The van der Waals surface area contributed by atoms with E-state index in [0.717, 1.165) is 0 Å². The van der Waals surface area contributed by atoms with E-state index < -0.39 is 17.9 Å². The first-order valence-electron chi connectivity index (χ1n) is 10.5. The molecule has 0 bridgehead atoms. The molecule has 0 aliphatic carbocycles. The van der Waals surface area contributed by atoms with Gasteiger partial charge < -0.3 is 34.9 Å². The van der Waals surface area contributed by atoms with Crippen LogP contribution in [-0.2, 0) is 9.59 Å². The highest BCUT2D eigenvalue weighted by Gasteiger charge is 2.27. The predicted octanol–water partition coefficient (Wildman–Crippen LogP) is 3.07. The van der Waals surface area contributed by atoms with Gasteiger partial charge in [-0.3, -0.25) is 14.4 Å². The van der Waals surface area contributed by atoms with Crippen LogP contribution >= 0.6 is 0 Å². The molecule has 10 heteroatoms. The lowest BCUT2D eigenvalue weighted by Crippen LogP contribution is -2.47. The van der Waals surface area contributed by atoms with E-state index in [4.69, 9.17) is 18.9 Å². The van der Waals surface area contributed by atoms with Gasteiger partial charge in [-0.2, -0.15) is 0 Å². The maximum atomic E-state index is 13.1. The molecular formula is C24H31N3O7. The van der Waals surface area contributed by atoms with Crippen LogP contribution in [0.3, 0.4) is 0 Å². The van der Waals surface area contributed by atoms with Crippen molar-refractivity contribution in [3.63, 3.8) is 0 Å². The first-order valence-corrected chi connectivity index (χ1v) is 10.5. The zero-order chi connectivity index (χ0) is 25.4. The van der Waals surface area contributed by atoms with Crippen molar-refractivity contribution in [2.75, 3.05) is 39.1 Å². The minimum atomic E-state index is -0.874. The molecule has 3 amide bonds. The van der Waals surface area contributed by atoms with Gasteiger partial charge in [0.1, 0.15) is 11.8 Å². The van der Waals surface area contributed by atoms with Crippen LogP contribution in [0.15, 0.2) is 30.3 Å². The SMILES string of the molecule is COc1ccc(NC(C)=O)cc1NC(=O)[C@H](NC(=O)c1cc(OC)c(OC)c(OC)c1)C(C)C. The van der Waals surface area contributed by atoms with Gasteiger partial charge in [-0.05, 0) is 36.2 Å². The number of rotatable bonds is 10. The Hall–Kier alpha value is -3.95. The van der Waals surface area contributed by atoms with Gasteiger partial charge in [0, 0.05) is 18.2 Å². The Labute approximate surface area is 198 Å². The third kappa shape index (κ3) is 6.31. The largest absolute Gasteiger partial charge is 0.495 e. The van der Waals surface area contributed by atoms with Crippen LogP contribution in [0.1, 0.15) is 31.1 Å². The normalized spacial score (nSPS) is 11.3. The van der Waals surface area contributed by atoms with Gasteiger partial charge in [-0.15, -0.1) is 0 Å². The number of benzene rings is 2. The lowest BCUT2D eigenvalue weighted by molar-refractivity contribution is -0.119. The predicted molar refractivity (Wildman–Crippen MR) is 128 cm³/mol. The van der Waals surface area contributed by atoms with E-state index >= 15 is 0 Å². The van der Waals surface area contributed by atoms with Crippen LogP contribution in [0.2, 0.25) is 0 Å². The van der Waals surface area contributed by atoms with Crippen molar-refractivity contribution in [1.29, 1.82) is 0 Å². The number of hydrogen-bond acceptors (Lipinski definition) is 7. The molecule has 0 spiro atoms. The Morgan fingerprint density at radius 2 is 1.38 bits per heavy atom. The van der Waals surface area contributed by atoms with Gasteiger partial charge in [0.15, 0.2) is 11.5 Å². The molecule has 3 N–H and O–H groups in total. The second-order valence-corrected chi connectivity index (χ2v) is 7.69. The number of methoxy groups -OCH3 is 4. The first kappa shape index (κ1) is 26.3. The maximum absolute atomic E-state index is 13.1. The van der Waals surface area contributed by atoms with Crippen LogP contribution < -0.4 is 34.9 Å². The number of hydrogen-bond donors (Lipinski definition) is 3. The highest BCUT2D eigenvalue weighted by Crippen LogP contribution is 2.38. The Balaban J connectivity index is 2.30. The summed E-state index contributed by atoms with van der Waals surface area (Å²) < 4.78 is 21.2. The summed E-state index contributed by atoms with van der Waals surface area (Å²) >= 11 is 0. The minimum absolute atomic E-state index is 0.234. The molecule has 10 nitrogen and oxygen atoms in total. The van der Waals surface area contributed by atoms with Gasteiger partial charge in [0.2, 0.25) is 17.6 Å². The Morgan fingerprint density at radius 1 is 0.794 bits per heavy atom. The first-order chi connectivity index (χ1) is 16.1. The lowest BCUT2D eigenvalue weighted by Gasteiger charge is -2.23. The molecule has 0 saturated carbocycles. The highest BCUT2D eigenvalue weighted by atomic mass is 16.5. The molecule has 0 aromatic heterocycles. The second-order valence-electron chi connectivity index (χ2n) is 7.69. The van der Waals surface area contributed by atoms with E-state index in [9.17, 15) is 14.4 Å². The molecule has 184 valence electrons. The van der Waals surface area contributed by atoms with Gasteiger partial charge >= 0.3 is 0 Å². The van der Waals surface area contributed by atoms with Gasteiger partial charge in [0.25, 0.3) is 5.91 Å². The molecule has 0 unspecified atom stereocenters. The Morgan fingerprint density at radius 3 is 1.85 bits per heavy atom. The van der Waals surface area contributed by atoms with E-state index in [1.165, 1.54) is 47.5 Å². The van der Waals surface area contributed by atoms with Crippen LogP contribution in [0.4, 0.5) is 11.4 Å². The van der Waals surface area contributed by atoms with Crippen LogP contribution in [-0.4, -0.2) is 52.2 Å². The molecule has 0 saturated heterocycles. The van der Waals surface area contributed by atoms with E-state index in [0.29, 0.717) is 34.4 Å². The average molecular weight is 474 g/mol. The summed E-state index contributed by atoms with van der Waals surface area (Å²) in [5.74, 6) is -0.0438. The van der Waals surface area contributed by atoms with E-state index in [1.54, 1.807) is 18.2 Å². The standard InChI is InChI=1S/C24H31N3O7/c1-13(2)21(24(30)26-17-12-16(25-14(3)28)8-9-18(17)31-4)27-23(29)15-10-19(32-5)22(34-7)20(11-15)33-6/h8-13,21H,1-7H3,(H,25,28)(H,26,30)(H,27,29)/t21-/m1/s1. The van der Waals surface area contributed by atoms with Crippen LogP contribution in [0, 0.1) is 5.92 Å². The summed E-state index contributed by atoms with van der Waals surface area (Å²) in [6.45, 7) is 5.01. The third-order valence-corrected chi connectivity index (χ3v) is 4.94. The van der Waals surface area contributed by atoms with Crippen LogP contribution in [0.5, 0.6) is 23.0 Å². The zero-order valence-corrected chi connectivity index (χ0v) is 20.4. The smallest absolute Gasteiger partial charge is 0.252 e. The molecule has 2 aromatic carbocycles. The van der Waals surface area contributed by atoms with Gasteiger partial charge in [-0.25, -0.2) is 0 Å². The fraction of sp³-hybridized carbons (Fsp3) is 0.375. The van der Waals surface area contributed by atoms with Crippen molar-refractivity contribution in [3.05, 3.63) is 35.9 Å². The fourth-order valence-corrected chi connectivity index (χ4v) is 3.27. The molecule has 1 atom stereocenters. The monoisotopic (exact) mass is 473 g/mol. The number of anilines is 2. The molecule has 0 radical (unpaired) electrons. The molecule has 2 rings (SSSR count). The average Bonchev–Trinajstić information content (AvgIpc) is 2.80. The number of carbonyl (C=O) groups excluding carboxylic acids is 3. The summed E-state index contributed by atoms with van der Waals surface area (Å²) in [5, 5.41) is 8.20. The Bertz CT molecular complexity index is 1030. The number of ether oxygens (including phenoxy) is 4. The summed E-state index contributed by atoms with van der Waals surface area (Å²) in [6.07, 6.45) is 0. The quantitative estimate of drug-likeness (QED) is 0.484. The summed E-state index contributed by atoms with van der Waals surface area (Å²) in [4.78, 5) is 37.6. The topological polar surface area (TPSA) is 124 Å². The fourth-order valence-electron chi connectivity index (χ4n) is 3.27. The highest BCUT2D eigenvalue weighted by molar-refractivity contribution is 6.03. The van der Waals surface area contributed by atoms with E-state index in [-0.39, 0.29) is 17.4 Å². The van der Waals surface area contributed by atoms with E-state index in [2.05, 4.69) is 16.0 Å². The number of nitrogens with one attached hydrogen (secondary N) is 3. The summed E-state index contributed by atoms with van der Waals surface area (Å²) in [7, 11) is 5.83. The number of carbonyl (C=O) groups is 3. The van der Waals surface area contributed by atoms with Crippen molar-refractivity contribution < 1.29 is 33.3 Å². The molecule has 0 fully saturated rings. The maximum Gasteiger partial charge on any atom is 0.252 e. The van der Waals surface area contributed by atoms with Gasteiger partial charge in [-0.1, -0.05) is 13.8 Å². The Kier molecular flexibility index (Phi) is 9.11. The summed E-state index contributed by atoms with van der Waals surface area (Å²) in [5.41, 5.74) is 1.08. The lowest BCUT2D eigenvalue weighted by atomic mass is 10.0. The van der Waals surface area contributed by atoms with Gasteiger partial charge in [0.05, 0.1) is 34.1 Å². The molecule has 2 aromatic rings. The minimum Gasteiger partial charge on any atom is -0.495 e. The second kappa shape index (κ2) is 11.8. The molecule has 0 aliphatic heterocycles. The van der Waals surface area contributed by atoms with Crippen molar-refractivity contribution in [2.45, 2.75) is 26.8 Å². The number of amides is 3. The summed E-state index contributed by atoms with van der Waals surface area (Å²) in [6, 6.07) is 7.00. The molecule has 0 aliphatic rings.